The van der Waals surface area contributed by atoms with Crippen LogP contribution in [-0.2, 0) is 9.59 Å². The van der Waals surface area contributed by atoms with Gasteiger partial charge in [0, 0.05) is 17.1 Å². The van der Waals surface area contributed by atoms with E-state index < -0.39 is 16.8 Å². The maximum absolute atomic E-state index is 11.9. The van der Waals surface area contributed by atoms with Crippen LogP contribution in [-0.4, -0.2) is 33.7 Å². The molecule has 7 nitrogen and oxygen atoms in total. The SMILES string of the molecule is O=C(CSc1ccc(Cl)cc1[N+](=O)[O-])N[C@H]1CC[C@@H](C(=O)O)C1. The van der Waals surface area contributed by atoms with Gasteiger partial charge < -0.3 is 10.4 Å². The molecule has 2 rings (SSSR count). The van der Waals surface area contributed by atoms with Crippen LogP contribution in [0.5, 0.6) is 0 Å². The van der Waals surface area contributed by atoms with E-state index >= 15 is 0 Å². The third-order valence-electron chi connectivity index (χ3n) is 3.62. The Balaban J connectivity index is 1.88. The predicted molar refractivity (Wildman–Crippen MR) is 85.7 cm³/mol. The van der Waals surface area contributed by atoms with Crippen LogP contribution in [0.1, 0.15) is 19.3 Å². The molecule has 1 amide bonds. The third kappa shape index (κ3) is 4.84. The molecule has 1 aromatic rings. The van der Waals surface area contributed by atoms with E-state index in [2.05, 4.69) is 5.32 Å². The zero-order valence-corrected chi connectivity index (χ0v) is 13.6. The van der Waals surface area contributed by atoms with E-state index in [1.165, 1.54) is 18.2 Å². The fourth-order valence-corrected chi connectivity index (χ4v) is 3.49. The average Bonchev–Trinajstić information content (AvgIpc) is 2.94. The monoisotopic (exact) mass is 358 g/mol. The van der Waals surface area contributed by atoms with Gasteiger partial charge in [-0.1, -0.05) is 11.6 Å². The Bertz CT molecular complexity index is 640. The lowest BCUT2D eigenvalue weighted by Gasteiger charge is -2.12. The van der Waals surface area contributed by atoms with Gasteiger partial charge in [-0.25, -0.2) is 0 Å². The number of amides is 1. The number of nitro benzene ring substituents is 1. The zero-order chi connectivity index (χ0) is 17.0. The van der Waals surface area contributed by atoms with Crippen molar-refractivity contribution < 1.29 is 19.6 Å². The summed E-state index contributed by atoms with van der Waals surface area (Å²) in [5.41, 5.74) is -0.137. The van der Waals surface area contributed by atoms with E-state index in [4.69, 9.17) is 16.7 Å². The van der Waals surface area contributed by atoms with Crippen molar-refractivity contribution in [2.45, 2.75) is 30.2 Å². The number of carboxylic acids is 1. The summed E-state index contributed by atoms with van der Waals surface area (Å²) in [5.74, 6) is -1.50. The van der Waals surface area contributed by atoms with Crippen molar-refractivity contribution in [1.29, 1.82) is 0 Å². The Hall–Kier alpha value is -1.80. The zero-order valence-electron chi connectivity index (χ0n) is 12.0. The smallest absolute Gasteiger partial charge is 0.306 e. The summed E-state index contributed by atoms with van der Waals surface area (Å²) in [7, 11) is 0. The van der Waals surface area contributed by atoms with Crippen molar-refractivity contribution in [2.24, 2.45) is 5.92 Å². The Morgan fingerprint density at radius 3 is 2.78 bits per heavy atom. The van der Waals surface area contributed by atoms with Crippen LogP contribution in [0, 0.1) is 16.0 Å². The van der Waals surface area contributed by atoms with Gasteiger partial charge in [-0.15, -0.1) is 11.8 Å². The van der Waals surface area contributed by atoms with Gasteiger partial charge in [0.2, 0.25) is 5.91 Å². The molecule has 0 aliphatic heterocycles. The molecule has 0 saturated heterocycles. The van der Waals surface area contributed by atoms with Gasteiger partial charge in [0.1, 0.15) is 0 Å². The third-order valence-corrected chi connectivity index (χ3v) is 4.92. The first-order valence-corrected chi connectivity index (χ1v) is 8.32. The van der Waals surface area contributed by atoms with Gasteiger partial charge in [0.15, 0.2) is 0 Å². The fraction of sp³-hybridized carbons (Fsp3) is 0.429. The number of aliphatic carboxylic acids is 1. The summed E-state index contributed by atoms with van der Waals surface area (Å²) in [6.07, 6.45) is 1.61. The number of carbonyl (C=O) groups is 2. The average molecular weight is 359 g/mol. The Morgan fingerprint density at radius 1 is 1.43 bits per heavy atom. The highest BCUT2D eigenvalue weighted by Crippen LogP contribution is 2.31. The molecule has 1 fully saturated rings. The Labute approximate surface area is 141 Å². The molecular weight excluding hydrogens is 344 g/mol. The van der Waals surface area contributed by atoms with E-state index in [-0.39, 0.29) is 28.4 Å². The van der Waals surface area contributed by atoms with Gasteiger partial charge in [-0.2, -0.15) is 0 Å². The fourth-order valence-electron chi connectivity index (χ4n) is 2.50. The van der Waals surface area contributed by atoms with Crippen LogP contribution in [0.2, 0.25) is 5.02 Å². The molecule has 1 saturated carbocycles. The highest BCUT2D eigenvalue weighted by molar-refractivity contribution is 8.00. The lowest BCUT2D eigenvalue weighted by molar-refractivity contribution is -0.387. The second-order valence-electron chi connectivity index (χ2n) is 5.27. The van der Waals surface area contributed by atoms with Gasteiger partial charge in [-0.3, -0.25) is 19.7 Å². The number of hydrogen-bond donors (Lipinski definition) is 2. The van der Waals surface area contributed by atoms with E-state index in [0.29, 0.717) is 24.2 Å². The predicted octanol–water partition coefficient (Wildman–Crippen LogP) is 2.71. The summed E-state index contributed by atoms with van der Waals surface area (Å²) in [6.45, 7) is 0. The molecular formula is C14H15ClN2O5S. The highest BCUT2D eigenvalue weighted by atomic mass is 35.5. The van der Waals surface area contributed by atoms with Crippen LogP contribution < -0.4 is 5.32 Å². The normalized spacial score (nSPS) is 20.2. The molecule has 0 radical (unpaired) electrons. The number of benzene rings is 1. The van der Waals surface area contributed by atoms with E-state index in [1.54, 1.807) is 0 Å². The van der Waals surface area contributed by atoms with Crippen molar-refractivity contribution in [2.75, 3.05) is 5.75 Å². The molecule has 1 aliphatic carbocycles. The van der Waals surface area contributed by atoms with Crippen molar-refractivity contribution >= 4 is 40.9 Å². The van der Waals surface area contributed by atoms with Crippen LogP contribution in [0.3, 0.4) is 0 Å². The van der Waals surface area contributed by atoms with E-state index in [9.17, 15) is 19.7 Å². The minimum Gasteiger partial charge on any atom is -0.481 e. The number of carbonyl (C=O) groups excluding carboxylic acids is 1. The number of thioether (sulfide) groups is 1. The summed E-state index contributed by atoms with van der Waals surface area (Å²) in [6, 6.07) is 4.14. The Morgan fingerprint density at radius 2 is 2.17 bits per heavy atom. The van der Waals surface area contributed by atoms with Gasteiger partial charge >= 0.3 is 5.97 Å². The molecule has 0 bridgehead atoms. The summed E-state index contributed by atoms with van der Waals surface area (Å²) in [4.78, 5) is 33.6. The quantitative estimate of drug-likeness (QED) is 0.459. The molecule has 1 aliphatic rings. The Kier molecular flexibility index (Phi) is 5.84. The molecule has 0 heterocycles. The summed E-state index contributed by atoms with van der Waals surface area (Å²) >= 11 is 6.79. The molecule has 0 spiro atoms. The largest absolute Gasteiger partial charge is 0.481 e. The number of carboxylic acid groups (broad SMARTS) is 1. The molecule has 1 aromatic carbocycles. The minimum atomic E-state index is -0.840. The topological polar surface area (TPSA) is 110 Å². The van der Waals surface area contributed by atoms with Crippen molar-refractivity contribution in [3.05, 3.63) is 33.3 Å². The number of nitro groups is 1. The van der Waals surface area contributed by atoms with Gasteiger partial charge in [0.05, 0.1) is 21.5 Å². The number of nitrogens with zero attached hydrogens (tertiary/aromatic N) is 1. The van der Waals surface area contributed by atoms with Crippen molar-refractivity contribution in [1.82, 2.24) is 5.32 Å². The van der Waals surface area contributed by atoms with Crippen LogP contribution in [0.25, 0.3) is 0 Å². The summed E-state index contributed by atoms with van der Waals surface area (Å²) < 4.78 is 0. The lowest BCUT2D eigenvalue weighted by atomic mass is 10.1. The standard InChI is InChI=1S/C14H15ClN2O5S/c15-9-2-4-12(11(6-9)17(21)22)23-7-13(18)16-10-3-1-8(5-10)14(19)20/h2,4,6,8,10H,1,3,5,7H2,(H,16,18)(H,19,20)/t8-,10+/m1/s1. The summed E-state index contributed by atoms with van der Waals surface area (Å²) in [5, 5.41) is 22.9. The first kappa shape index (κ1) is 17.6. The lowest BCUT2D eigenvalue weighted by Crippen LogP contribution is -2.34. The molecule has 9 heteroatoms. The first-order valence-electron chi connectivity index (χ1n) is 6.95. The number of halogens is 1. The second-order valence-corrected chi connectivity index (χ2v) is 6.72. The van der Waals surface area contributed by atoms with Crippen LogP contribution in [0.4, 0.5) is 5.69 Å². The number of nitrogens with one attached hydrogen (secondary N) is 1. The van der Waals surface area contributed by atoms with Gasteiger partial charge in [-0.05, 0) is 31.4 Å². The first-order chi connectivity index (χ1) is 10.9. The van der Waals surface area contributed by atoms with Crippen molar-refractivity contribution in [3.63, 3.8) is 0 Å². The molecule has 2 N–H and O–H groups in total. The highest BCUT2D eigenvalue weighted by Gasteiger charge is 2.30. The molecule has 0 aromatic heterocycles. The second kappa shape index (κ2) is 7.65. The van der Waals surface area contributed by atoms with Crippen LogP contribution >= 0.6 is 23.4 Å². The number of hydrogen-bond acceptors (Lipinski definition) is 5. The molecule has 23 heavy (non-hydrogen) atoms. The van der Waals surface area contributed by atoms with Crippen LogP contribution in [0.15, 0.2) is 23.1 Å². The number of rotatable bonds is 6. The maximum atomic E-state index is 11.9. The molecule has 2 atom stereocenters. The van der Waals surface area contributed by atoms with E-state index in [1.807, 2.05) is 0 Å². The van der Waals surface area contributed by atoms with Crippen molar-refractivity contribution in [3.8, 4) is 0 Å². The molecule has 0 unspecified atom stereocenters. The molecule has 124 valence electrons. The van der Waals surface area contributed by atoms with E-state index in [0.717, 1.165) is 11.8 Å². The minimum absolute atomic E-state index is 0.0245. The van der Waals surface area contributed by atoms with Gasteiger partial charge in [0.25, 0.3) is 5.69 Å². The maximum Gasteiger partial charge on any atom is 0.306 e.